The van der Waals surface area contributed by atoms with Crippen molar-refractivity contribution in [2.45, 2.75) is 14.8 Å². The van der Waals surface area contributed by atoms with E-state index >= 15 is 0 Å². The van der Waals surface area contributed by atoms with E-state index in [-0.39, 0.29) is 4.90 Å². The van der Waals surface area contributed by atoms with Gasteiger partial charge in [0.25, 0.3) is 0 Å². The summed E-state index contributed by atoms with van der Waals surface area (Å²) < 4.78 is 25.7. The summed E-state index contributed by atoms with van der Waals surface area (Å²) in [6.45, 7) is 0. The quantitative estimate of drug-likeness (QED) is 0.405. The third kappa shape index (κ3) is 4.28. The number of pyridine rings is 1. The Labute approximate surface area is 184 Å². The number of sulfone groups is 1. The van der Waals surface area contributed by atoms with Crippen LogP contribution >= 0.6 is 23.4 Å². The Hall–Kier alpha value is -2.61. The summed E-state index contributed by atoms with van der Waals surface area (Å²) in [6, 6.07) is 18.3. The molecule has 0 unspecified atom stereocenters. The molecule has 5 nitrogen and oxygen atoms in total. The van der Waals surface area contributed by atoms with Crippen LogP contribution < -0.4 is 0 Å². The Morgan fingerprint density at radius 1 is 0.967 bits per heavy atom. The predicted molar refractivity (Wildman–Crippen MR) is 121 cm³/mol. The van der Waals surface area contributed by atoms with Crippen LogP contribution in [-0.4, -0.2) is 29.2 Å². The summed E-state index contributed by atoms with van der Waals surface area (Å²) in [7, 11) is -1.30. The monoisotopic (exact) mass is 455 g/mol. The molecule has 152 valence electrons. The third-order valence-corrected chi connectivity index (χ3v) is 7.10. The molecule has 0 fully saturated rings. The highest BCUT2D eigenvalue weighted by Crippen LogP contribution is 2.38. The predicted octanol–water partition coefficient (Wildman–Crippen LogP) is 5.36. The first kappa shape index (κ1) is 20.7. The molecule has 0 amide bonds. The van der Waals surface area contributed by atoms with Gasteiger partial charge in [-0.1, -0.05) is 35.5 Å². The van der Waals surface area contributed by atoms with Crippen LogP contribution in [0.3, 0.4) is 0 Å². The third-order valence-electron chi connectivity index (χ3n) is 4.55. The highest BCUT2D eigenvalue weighted by molar-refractivity contribution is 7.99. The highest BCUT2D eigenvalue weighted by atomic mass is 35.5. The summed E-state index contributed by atoms with van der Waals surface area (Å²) in [6.07, 6.45) is 4.70. The van der Waals surface area contributed by atoms with Gasteiger partial charge >= 0.3 is 0 Å². The van der Waals surface area contributed by atoms with Gasteiger partial charge in [-0.3, -0.25) is 4.98 Å². The van der Waals surface area contributed by atoms with Crippen molar-refractivity contribution in [2.24, 2.45) is 7.05 Å². The topological polar surface area (TPSA) is 64.8 Å². The number of rotatable bonds is 5. The van der Waals surface area contributed by atoms with Crippen molar-refractivity contribution in [1.82, 2.24) is 14.5 Å². The number of imidazole rings is 1. The first-order valence-corrected chi connectivity index (χ1v) is 12.1. The van der Waals surface area contributed by atoms with Gasteiger partial charge < -0.3 is 4.57 Å². The molecule has 4 aromatic rings. The zero-order valence-electron chi connectivity index (χ0n) is 16.3. The Morgan fingerprint density at radius 3 is 2.27 bits per heavy atom. The van der Waals surface area contributed by atoms with Crippen LogP contribution in [0.5, 0.6) is 0 Å². The number of benzene rings is 2. The summed E-state index contributed by atoms with van der Waals surface area (Å²) in [5.74, 6) is 0.779. The van der Waals surface area contributed by atoms with Crippen molar-refractivity contribution < 1.29 is 8.42 Å². The van der Waals surface area contributed by atoms with Crippen molar-refractivity contribution in [3.8, 4) is 22.6 Å². The minimum atomic E-state index is -3.26. The molecule has 2 heterocycles. The average Bonchev–Trinajstić information content (AvgIpc) is 3.06. The largest absolute Gasteiger partial charge is 0.321 e. The van der Waals surface area contributed by atoms with Crippen molar-refractivity contribution >= 4 is 33.2 Å². The van der Waals surface area contributed by atoms with Crippen molar-refractivity contribution in [1.29, 1.82) is 0 Å². The van der Waals surface area contributed by atoms with E-state index in [0.717, 1.165) is 32.6 Å². The zero-order valence-corrected chi connectivity index (χ0v) is 18.7. The van der Waals surface area contributed by atoms with Gasteiger partial charge in [-0.15, -0.1) is 0 Å². The van der Waals surface area contributed by atoms with E-state index in [4.69, 9.17) is 16.6 Å². The smallest absolute Gasteiger partial charge is 0.175 e. The van der Waals surface area contributed by atoms with E-state index in [1.807, 2.05) is 48.0 Å². The molecule has 0 aliphatic rings. The molecule has 0 atom stereocenters. The molecule has 0 aliphatic heterocycles. The minimum Gasteiger partial charge on any atom is -0.321 e. The maximum absolute atomic E-state index is 11.8. The van der Waals surface area contributed by atoms with Gasteiger partial charge in [-0.25, -0.2) is 13.4 Å². The molecular formula is C22H18ClN3O2S2. The van der Waals surface area contributed by atoms with E-state index in [1.165, 1.54) is 6.26 Å². The fraction of sp³-hybridized carbons (Fsp3) is 0.0909. The molecule has 0 N–H and O–H groups in total. The second-order valence-corrected chi connectivity index (χ2v) is 10.3. The molecule has 0 saturated heterocycles. The number of aromatic nitrogens is 3. The van der Waals surface area contributed by atoms with E-state index in [0.29, 0.717) is 5.02 Å². The molecule has 0 bridgehead atoms. The summed E-state index contributed by atoms with van der Waals surface area (Å²) in [5.41, 5.74) is 2.51. The molecule has 2 aromatic heterocycles. The summed E-state index contributed by atoms with van der Waals surface area (Å²) in [4.78, 5) is 10.4. The fourth-order valence-corrected chi connectivity index (χ4v) is 4.75. The standard InChI is InChI=1S/C22H18ClN3O2S2/c1-26-21(16-4-3-13-24-14-16)25-20(15-5-11-19(12-6-15)30(2,27)28)22(26)29-18-9-7-17(23)8-10-18/h3-14H,1-2H3. The second kappa shape index (κ2) is 8.26. The number of hydrogen-bond acceptors (Lipinski definition) is 5. The van der Waals surface area contributed by atoms with Gasteiger partial charge in [-0.05, 0) is 48.5 Å². The molecule has 0 saturated carbocycles. The van der Waals surface area contributed by atoms with Crippen LogP contribution in [-0.2, 0) is 16.9 Å². The molecule has 2 aromatic carbocycles. The lowest BCUT2D eigenvalue weighted by Gasteiger charge is -2.08. The first-order chi connectivity index (χ1) is 14.3. The van der Waals surface area contributed by atoms with Gasteiger partial charge in [-0.2, -0.15) is 0 Å². The minimum absolute atomic E-state index is 0.279. The average molecular weight is 456 g/mol. The number of halogens is 1. The lowest BCUT2D eigenvalue weighted by molar-refractivity contribution is 0.602. The molecule has 0 aliphatic carbocycles. The van der Waals surface area contributed by atoms with Gasteiger partial charge in [0.05, 0.1) is 4.90 Å². The van der Waals surface area contributed by atoms with Gasteiger partial charge in [0, 0.05) is 46.7 Å². The Kier molecular flexibility index (Phi) is 5.69. The van der Waals surface area contributed by atoms with Crippen molar-refractivity contribution in [3.05, 3.63) is 78.1 Å². The van der Waals surface area contributed by atoms with Crippen LogP contribution in [0.15, 0.2) is 87.9 Å². The van der Waals surface area contributed by atoms with Crippen molar-refractivity contribution in [3.63, 3.8) is 0 Å². The Balaban J connectivity index is 1.84. The van der Waals surface area contributed by atoms with E-state index in [2.05, 4.69) is 4.98 Å². The second-order valence-electron chi connectivity index (χ2n) is 6.74. The zero-order chi connectivity index (χ0) is 21.3. The first-order valence-electron chi connectivity index (χ1n) is 9.04. The molecule has 0 radical (unpaired) electrons. The van der Waals surface area contributed by atoms with Crippen LogP contribution in [0.2, 0.25) is 5.02 Å². The lowest BCUT2D eigenvalue weighted by atomic mass is 10.2. The SMILES string of the molecule is Cn1c(-c2cccnc2)nc(-c2ccc(S(C)(=O)=O)cc2)c1Sc1ccc(Cl)cc1. The Morgan fingerprint density at radius 2 is 1.67 bits per heavy atom. The molecule has 4 rings (SSSR count). The highest BCUT2D eigenvalue weighted by Gasteiger charge is 2.19. The lowest BCUT2D eigenvalue weighted by Crippen LogP contribution is -1.96. The van der Waals surface area contributed by atoms with E-state index in [1.54, 1.807) is 48.4 Å². The molecule has 8 heteroatoms. The molecule has 30 heavy (non-hydrogen) atoms. The maximum atomic E-state index is 11.8. The Bertz CT molecular complexity index is 1280. The van der Waals surface area contributed by atoms with E-state index in [9.17, 15) is 8.42 Å². The van der Waals surface area contributed by atoms with Gasteiger partial charge in [0.1, 0.15) is 16.5 Å². The van der Waals surface area contributed by atoms with E-state index < -0.39 is 9.84 Å². The number of hydrogen-bond donors (Lipinski definition) is 0. The van der Waals surface area contributed by atoms with Crippen LogP contribution in [0.25, 0.3) is 22.6 Å². The number of nitrogens with zero attached hydrogens (tertiary/aromatic N) is 3. The molecular weight excluding hydrogens is 438 g/mol. The fourth-order valence-electron chi connectivity index (χ4n) is 3.02. The van der Waals surface area contributed by atoms with Gasteiger partial charge in [0.15, 0.2) is 9.84 Å². The maximum Gasteiger partial charge on any atom is 0.175 e. The summed E-state index contributed by atoms with van der Waals surface area (Å²) in [5, 5.41) is 1.61. The normalized spacial score (nSPS) is 11.6. The van der Waals surface area contributed by atoms with Crippen LogP contribution in [0.1, 0.15) is 0 Å². The van der Waals surface area contributed by atoms with Gasteiger partial charge in [0.2, 0.25) is 0 Å². The van der Waals surface area contributed by atoms with Crippen molar-refractivity contribution in [2.75, 3.05) is 6.26 Å². The summed E-state index contributed by atoms with van der Waals surface area (Å²) >= 11 is 7.60. The van der Waals surface area contributed by atoms with Crippen LogP contribution in [0.4, 0.5) is 0 Å². The van der Waals surface area contributed by atoms with Crippen LogP contribution in [0, 0.1) is 0 Å². The molecule has 0 spiro atoms.